The third kappa shape index (κ3) is 4.18. The van der Waals surface area contributed by atoms with Gasteiger partial charge < -0.3 is 0 Å². The zero-order valence-corrected chi connectivity index (χ0v) is 22.4. The summed E-state index contributed by atoms with van der Waals surface area (Å²) in [6.07, 6.45) is 0. The molecule has 192 valence electrons. The standard InChI is InChI=1S/C39H26N2/c1-3-9-32-25-34(19-15-27(32)7-1)29-13-17-31(18-14-29)39-40-37-11-5-6-12-38(37)41(39)36-23-21-30(22-24-36)35-20-16-28-8-2-4-10-33(28)26-35/h1-26H. The van der Waals surface area contributed by atoms with E-state index in [1.54, 1.807) is 0 Å². The molecule has 0 spiro atoms. The summed E-state index contributed by atoms with van der Waals surface area (Å²) in [5, 5.41) is 5.02. The normalized spacial score (nSPS) is 11.4. The highest BCUT2D eigenvalue weighted by molar-refractivity contribution is 5.89. The number of benzene rings is 7. The fraction of sp³-hybridized carbons (Fsp3) is 0. The summed E-state index contributed by atoms with van der Waals surface area (Å²) in [5.41, 5.74) is 9.09. The van der Waals surface area contributed by atoms with Gasteiger partial charge >= 0.3 is 0 Å². The van der Waals surface area contributed by atoms with Crippen molar-refractivity contribution in [3.8, 4) is 39.3 Å². The van der Waals surface area contributed by atoms with Crippen LogP contribution in [0.3, 0.4) is 0 Å². The van der Waals surface area contributed by atoms with Gasteiger partial charge in [-0.05, 0) is 80.2 Å². The smallest absolute Gasteiger partial charge is 0.145 e. The Morgan fingerprint density at radius 1 is 0.366 bits per heavy atom. The molecular formula is C39H26N2. The molecule has 8 rings (SSSR count). The molecule has 1 heterocycles. The minimum atomic E-state index is 0.940. The van der Waals surface area contributed by atoms with E-state index < -0.39 is 0 Å². The van der Waals surface area contributed by atoms with Crippen LogP contribution in [0.2, 0.25) is 0 Å². The van der Waals surface area contributed by atoms with Crippen LogP contribution in [-0.2, 0) is 0 Å². The molecule has 0 aliphatic heterocycles. The zero-order chi connectivity index (χ0) is 27.2. The van der Waals surface area contributed by atoms with Crippen molar-refractivity contribution in [3.05, 3.63) is 158 Å². The second-order valence-electron chi connectivity index (χ2n) is 10.5. The molecule has 0 N–H and O–H groups in total. The monoisotopic (exact) mass is 522 g/mol. The topological polar surface area (TPSA) is 17.8 Å². The average molecular weight is 523 g/mol. The number of fused-ring (bicyclic) bond motifs is 3. The highest BCUT2D eigenvalue weighted by Gasteiger charge is 2.15. The number of hydrogen-bond acceptors (Lipinski definition) is 1. The predicted octanol–water partition coefficient (Wildman–Crippen LogP) is 10.3. The summed E-state index contributed by atoms with van der Waals surface area (Å²) in [4.78, 5) is 5.08. The predicted molar refractivity (Wildman–Crippen MR) is 172 cm³/mol. The molecule has 0 aliphatic rings. The lowest BCUT2D eigenvalue weighted by Crippen LogP contribution is -1.97. The average Bonchev–Trinajstić information content (AvgIpc) is 3.44. The number of nitrogens with zero attached hydrogens (tertiary/aromatic N) is 2. The molecule has 41 heavy (non-hydrogen) atoms. The van der Waals surface area contributed by atoms with Crippen LogP contribution in [-0.4, -0.2) is 9.55 Å². The first kappa shape index (κ1) is 23.4. The van der Waals surface area contributed by atoms with Gasteiger partial charge in [0.25, 0.3) is 0 Å². The van der Waals surface area contributed by atoms with E-state index in [0.717, 1.165) is 28.1 Å². The van der Waals surface area contributed by atoms with Gasteiger partial charge in [0.15, 0.2) is 0 Å². The zero-order valence-electron chi connectivity index (χ0n) is 22.4. The minimum absolute atomic E-state index is 0.940. The van der Waals surface area contributed by atoms with E-state index in [-0.39, 0.29) is 0 Å². The van der Waals surface area contributed by atoms with Gasteiger partial charge in [0.05, 0.1) is 11.0 Å². The molecule has 1 aromatic heterocycles. The molecule has 0 amide bonds. The van der Waals surface area contributed by atoms with Crippen LogP contribution in [0.15, 0.2) is 158 Å². The molecule has 0 unspecified atom stereocenters. The van der Waals surface area contributed by atoms with Crippen molar-refractivity contribution >= 4 is 32.6 Å². The molecule has 0 bridgehead atoms. The Labute approximate surface area is 238 Å². The van der Waals surface area contributed by atoms with Gasteiger partial charge in [-0.1, -0.05) is 121 Å². The van der Waals surface area contributed by atoms with Crippen molar-refractivity contribution in [2.75, 3.05) is 0 Å². The molecule has 2 nitrogen and oxygen atoms in total. The van der Waals surface area contributed by atoms with E-state index in [0.29, 0.717) is 0 Å². The largest absolute Gasteiger partial charge is 0.292 e. The number of hydrogen-bond donors (Lipinski definition) is 0. The summed E-state index contributed by atoms with van der Waals surface area (Å²) >= 11 is 0. The summed E-state index contributed by atoms with van der Waals surface area (Å²) in [5.74, 6) is 0.940. The van der Waals surface area contributed by atoms with Gasteiger partial charge in [-0.15, -0.1) is 0 Å². The van der Waals surface area contributed by atoms with Crippen molar-refractivity contribution in [1.82, 2.24) is 9.55 Å². The van der Waals surface area contributed by atoms with Crippen molar-refractivity contribution in [2.45, 2.75) is 0 Å². The van der Waals surface area contributed by atoms with Crippen LogP contribution in [0.5, 0.6) is 0 Å². The summed E-state index contributed by atoms with van der Waals surface area (Å²) in [7, 11) is 0. The van der Waals surface area contributed by atoms with Crippen molar-refractivity contribution in [1.29, 1.82) is 0 Å². The Morgan fingerprint density at radius 2 is 0.829 bits per heavy atom. The van der Waals surface area contributed by atoms with Crippen molar-refractivity contribution in [3.63, 3.8) is 0 Å². The van der Waals surface area contributed by atoms with Crippen molar-refractivity contribution in [2.24, 2.45) is 0 Å². The Kier molecular flexibility index (Phi) is 5.49. The van der Waals surface area contributed by atoms with Gasteiger partial charge in [0.2, 0.25) is 0 Å². The first-order chi connectivity index (χ1) is 20.3. The number of para-hydroxylation sites is 2. The van der Waals surface area contributed by atoms with E-state index in [4.69, 9.17) is 4.98 Å². The second-order valence-corrected chi connectivity index (χ2v) is 10.5. The molecule has 0 saturated heterocycles. The summed E-state index contributed by atoms with van der Waals surface area (Å²) in [6, 6.07) is 56.3. The SMILES string of the molecule is c1ccc2cc(-c3ccc(-c4nc5ccccc5n4-c4ccc(-c5ccc6ccccc6c5)cc4)cc3)ccc2c1. The summed E-state index contributed by atoms with van der Waals surface area (Å²) < 4.78 is 2.27. The van der Waals surface area contributed by atoms with E-state index in [2.05, 4.69) is 162 Å². The quantitative estimate of drug-likeness (QED) is 0.225. The molecular weight excluding hydrogens is 496 g/mol. The molecule has 2 heteroatoms. The number of rotatable bonds is 4. The van der Waals surface area contributed by atoms with Crippen LogP contribution in [0.25, 0.3) is 71.9 Å². The highest BCUT2D eigenvalue weighted by atomic mass is 15.1. The lowest BCUT2D eigenvalue weighted by molar-refractivity contribution is 1.10. The van der Waals surface area contributed by atoms with Gasteiger partial charge in [0.1, 0.15) is 5.82 Å². The molecule has 8 aromatic rings. The Morgan fingerprint density at radius 3 is 1.44 bits per heavy atom. The Balaban J connectivity index is 1.18. The second kappa shape index (κ2) is 9.62. The molecule has 0 aliphatic carbocycles. The maximum absolute atomic E-state index is 5.08. The fourth-order valence-electron chi connectivity index (χ4n) is 5.83. The third-order valence-electron chi connectivity index (χ3n) is 7.99. The van der Waals surface area contributed by atoms with E-state index >= 15 is 0 Å². The minimum Gasteiger partial charge on any atom is -0.292 e. The lowest BCUT2D eigenvalue weighted by Gasteiger charge is -2.12. The van der Waals surface area contributed by atoms with Crippen molar-refractivity contribution < 1.29 is 0 Å². The molecule has 0 saturated carbocycles. The first-order valence-electron chi connectivity index (χ1n) is 14.0. The summed E-state index contributed by atoms with van der Waals surface area (Å²) in [6.45, 7) is 0. The van der Waals surface area contributed by atoms with Crippen LogP contribution >= 0.6 is 0 Å². The van der Waals surface area contributed by atoms with Gasteiger partial charge in [0, 0.05) is 11.3 Å². The maximum atomic E-state index is 5.08. The first-order valence-corrected chi connectivity index (χ1v) is 14.0. The van der Waals surface area contributed by atoms with Gasteiger partial charge in [-0.3, -0.25) is 4.57 Å². The third-order valence-corrected chi connectivity index (χ3v) is 7.99. The van der Waals surface area contributed by atoms with E-state index in [1.165, 1.54) is 43.8 Å². The Hall–Kier alpha value is -5.47. The molecule has 0 radical (unpaired) electrons. The molecule has 0 atom stereocenters. The maximum Gasteiger partial charge on any atom is 0.145 e. The van der Waals surface area contributed by atoms with E-state index in [1.807, 2.05) is 0 Å². The molecule has 0 fully saturated rings. The van der Waals surface area contributed by atoms with Crippen LogP contribution in [0, 0.1) is 0 Å². The number of aromatic nitrogens is 2. The lowest BCUT2D eigenvalue weighted by atomic mass is 10.00. The van der Waals surface area contributed by atoms with Gasteiger partial charge in [-0.2, -0.15) is 0 Å². The van der Waals surface area contributed by atoms with Gasteiger partial charge in [-0.25, -0.2) is 4.98 Å². The Bertz CT molecular complexity index is 2190. The number of imidazole rings is 1. The van der Waals surface area contributed by atoms with Crippen LogP contribution < -0.4 is 0 Å². The fourth-order valence-corrected chi connectivity index (χ4v) is 5.83. The van der Waals surface area contributed by atoms with Crippen LogP contribution in [0.1, 0.15) is 0 Å². The van der Waals surface area contributed by atoms with Crippen LogP contribution in [0.4, 0.5) is 0 Å². The molecule has 7 aromatic carbocycles. The highest BCUT2D eigenvalue weighted by Crippen LogP contribution is 2.32. The van der Waals surface area contributed by atoms with E-state index in [9.17, 15) is 0 Å².